The number of nitrogens with one attached hydrogen (secondary N) is 1. The van der Waals surface area contributed by atoms with E-state index in [9.17, 15) is 4.79 Å². The lowest BCUT2D eigenvalue weighted by molar-refractivity contribution is 0.102. The molecule has 2 aromatic rings. The van der Waals surface area contributed by atoms with Gasteiger partial charge in [-0.2, -0.15) is 0 Å². The van der Waals surface area contributed by atoms with E-state index in [-0.39, 0.29) is 5.91 Å². The van der Waals surface area contributed by atoms with Gasteiger partial charge in [0.05, 0.1) is 5.56 Å². The Morgan fingerprint density at radius 2 is 2.24 bits per heavy atom. The Kier molecular flexibility index (Phi) is 3.39. The highest BCUT2D eigenvalue weighted by Gasteiger charge is 2.13. The molecule has 3 N–H and O–H groups in total. The summed E-state index contributed by atoms with van der Waals surface area (Å²) in [6.07, 6.45) is 0. The number of carbonyl (C=O) groups excluding carboxylic acids is 1. The molecule has 0 aliphatic carbocycles. The van der Waals surface area contributed by atoms with Crippen LogP contribution in [0.25, 0.3) is 0 Å². The first-order valence-electron chi connectivity index (χ1n) is 4.73. The Bertz CT molecular complexity index is 569. The summed E-state index contributed by atoms with van der Waals surface area (Å²) in [5, 5.41) is 10.7. The van der Waals surface area contributed by atoms with Gasteiger partial charge in [0.15, 0.2) is 0 Å². The summed E-state index contributed by atoms with van der Waals surface area (Å²) >= 11 is 4.51. The topological polar surface area (TPSA) is 80.9 Å². The number of anilines is 2. The van der Waals surface area contributed by atoms with Crippen LogP contribution in [0, 0.1) is 6.92 Å². The van der Waals surface area contributed by atoms with E-state index >= 15 is 0 Å². The van der Waals surface area contributed by atoms with Gasteiger partial charge in [0.25, 0.3) is 5.91 Å². The van der Waals surface area contributed by atoms with Crippen LogP contribution in [0.5, 0.6) is 0 Å². The first-order chi connectivity index (χ1) is 8.08. The Hall–Kier alpha value is -1.47. The fourth-order valence-corrected chi connectivity index (χ4v) is 2.22. The maximum absolute atomic E-state index is 12.0. The molecule has 7 heteroatoms. The fourth-order valence-electron chi connectivity index (χ4n) is 1.27. The number of hydrogen-bond donors (Lipinski definition) is 2. The van der Waals surface area contributed by atoms with Crippen LogP contribution >= 0.6 is 27.3 Å². The van der Waals surface area contributed by atoms with Crippen molar-refractivity contribution in [2.24, 2.45) is 0 Å². The fraction of sp³-hybridized carbons (Fsp3) is 0.100. The van der Waals surface area contributed by atoms with Gasteiger partial charge in [-0.15, -0.1) is 10.2 Å². The maximum atomic E-state index is 12.0. The third kappa shape index (κ3) is 2.62. The average molecular weight is 313 g/mol. The molecule has 0 spiro atoms. The molecule has 0 radical (unpaired) electrons. The largest absolute Gasteiger partial charge is 0.374 e. The molecule has 0 fully saturated rings. The molecule has 5 nitrogen and oxygen atoms in total. The standard InChI is InChI=1S/C10H9BrN4OS/c1-5-3-2-4-6(7(5)11)8(16)13-10-15-14-9(12)17-10/h2-4H,1H3,(H2,12,14)(H,13,15,16). The number of aromatic nitrogens is 2. The molecule has 0 aliphatic rings. The highest BCUT2D eigenvalue weighted by molar-refractivity contribution is 9.10. The highest BCUT2D eigenvalue weighted by Crippen LogP contribution is 2.23. The Morgan fingerprint density at radius 3 is 2.88 bits per heavy atom. The van der Waals surface area contributed by atoms with Crippen molar-refractivity contribution in [1.82, 2.24) is 10.2 Å². The van der Waals surface area contributed by atoms with E-state index in [4.69, 9.17) is 5.73 Å². The molecule has 0 saturated carbocycles. The van der Waals surface area contributed by atoms with Crippen molar-refractivity contribution in [1.29, 1.82) is 0 Å². The lowest BCUT2D eigenvalue weighted by Crippen LogP contribution is -2.12. The second-order valence-electron chi connectivity index (χ2n) is 3.34. The summed E-state index contributed by atoms with van der Waals surface area (Å²) < 4.78 is 0.773. The van der Waals surface area contributed by atoms with Gasteiger partial charge in [-0.3, -0.25) is 10.1 Å². The number of rotatable bonds is 2. The molecule has 1 aromatic carbocycles. The quantitative estimate of drug-likeness (QED) is 0.892. The number of carbonyl (C=O) groups is 1. The Morgan fingerprint density at radius 1 is 1.47 bits per heavy atom. The van der Waals surface area contributed by atoms with Crippen molar-refractivity contribution < 1.29 is 4.79 Å². The number of nitrogens with two attached hydrogens (primary N) is 1. The summed E-state index contributed by atoms with van der Waals surface area (Å²) in [6, 6.07) is 5.48. The van der Waals surface area contributed by atoms with Crippen LogP contribution in [0.1, 0.15) is 15.9 Å². The molecule has 0 saturated heterocycles. The third-order valence-corrected chi connectivity index (χ3v) is 3.82. The van der Waals surface area contributed by atoms with Crippen LogP contribution in [-0.4, -0.2) is 16.1 Å². The van der Waals surface area contributed by atoms with Crippen molar-refractivity contribution in [3.8, 4) is 0 Å². The molecule has 1 heterocycles. The molecule has 2 rings (SSSR count). The van der Waals surface area contributed by atoms with E-state index in [1.165, 1.54) is 0 Å². The highest BCUT2D eigenvalue weighted by atomic mass is 79.9. The maximum Gasteiger partial charge on any atom is 0.258 e. The number of hydrogen-bond acceptors (Lipinski definition) is 5. The lowest BCUT2D eigenvalue weighted by atomic mass is 10.1. The average Bonchev–Trinajstić information content (AvgIpc) is 2.68. The smallest absolute Gasteiger partial charge is 0.258 e. The predicted octanol–water partition coefficient (Wildman–Crippen LogP) is 2.44. The Labute approximate surface area is 110 Å². The summed E-state index contributed by atoms with van der Waals surface area (Å²) in [5.74, 6) is -0.239. The van der Waals surface area contributed by atoms with Crippen LogP contribution < -0.4 is 11.1 Å². The van der Waals surface area contributed by atoms with Gasteiger partial charge in [0.2, 0.25) is 10.3 Å². The lowest BCUT2D eigenvalue weighted by Gasteiger charge is -2.05. The molecule has 1 amide bonds. The zero-order valence-electron chi connectivity index (χ0n) is 8.90. The molecular formula is C10H9BrN4OS. The normalized spacial score (nSPS) is 10.2. The van der Waals surface area contributed by atoms with Crippen LogP contribution in [0.2, 0.25) is 0 Å². The second kappa shape index (κ2) is 4.80. The number of nitrogen functional groups attached to an aromatic ring is 1. The molecule has 17 heavy (non-hydrogen) atoms. The van der Waals surface area contributed by atoms with Crippen molar-refractivity contribution in [3.63, 3.8) is 0 Å². The van der Waals surface area contributed by atoms with Gasteiger partial charge in [-0.1, -0.05) is 23.5 Å². The van der Waals surface area contributed by atoms with Crippen LogP contribution in [0.3, 0.4) is 0 Å². The van der Waals surface area contributed by atoms with Gasteiger partial charge in [-0.05, 0) is 34.5 Å². The number of amides is 1. The summed E-state index contributed by atoms with van der Waals surface area (Å²) in [7, 11) is 0. The van der Waals surface area contributed by atoms with Crippen LogP contribution in [-0.2, 0) is 0 Å². The van der Waals surface area contributed by atoms with Crippen molar-refractivity contribution in [2.45, 2.75) is 6.92 Å². The van der Waals surface area contributed by atoms with E-state index in [2.05, 4.69) is 31.4 Å². The zero-order chi connectivity index (χ0) is 12.4. The minimum atomic E-state index is -0.239. The second-order valence-corrected chi connectivity index (χ2v) is 5.14. The van der Waals surface area contributed by atoms with E-state index < -0.39 is 0 Å². The van der Waals surface area contributed by atoms with E-state index in [0.29, 0.717) is 15.8 Å². The first kappa shape index (κ1) is 12.0. The van der Waals surface area contributed by atoms with E-state index in [1.54, 1.807) is 6.07 Å². The third-order valence-electron chi connectivity index (χ3n) is 2.10. The minimum Gasteiger partial charge on any atom is -0.374 e. The molecule has 0 unspecified atom stereocenters. The Balaban J connectivity index is 2.23. The van der Waals surface area contributed by atoms with Crippen LogP contribution in [0.4, 0.5) is 10.3 Å². The summed E-state index contributed by atoms with van der Waals surface area (Å²) in [5.41, 5.74) is 6.98. The summed E-state index contributed by atoms with van der Waals surface area (Å²) in [4.78, 5) is 12.0. The van der Waals surface area contributed by atoms with Gasteiger partial charge < -0.3 is 5.73 Å². The summed E-state index contributed by atoms with van der Waals surface area (Å²) in [6.45, 7) is 1.92. The SMILES string of the molecule is Cc1cccc(C(=O)Nc2nnc(N)s2)c1Br. The minimum absolute atomic E-state index is 0.239. The zero-order valence-corrected chi connectivity index (χ0v) is 11.3. The molecule has 0 bridgehead atoms. The molecule has 1 aromatic heterocycles. The van der Waals surface area contributed by atoms with E-state index in [1.807, 2.05) is 19.1 Å². The number of nitrogens with zero attached hydrogens (tertiary/aromatic N) is 2. The van der Waals surface area contributed by atoms with Crippen molar-refractivity contribution in [3.05, 3.63) is 33.8 Å². The van der Waals surface area contributed by atoms with Gasteiger partial charge in [0.1, 0.15) is 0 Å². The number of benzene rings is 1. The molecule has 0 atom stereocenters. The van der Waals surface area contributed by atoms with Crippen molar-refractivity contribution in [2.75, 3.05) is 11.1 Å². The number of aryl methyl sites for hydroxylation is 1. The van der Waals surface area contributed by atoms with Gasteiger partial charge in [-0.25, -0.2) is 0 Å². The van der Waals surface area contributed by atoms with Gasteiger partial charge in [0, 0.05) is 4.47 Å². The predicted molar refractivity (Wildman–Crippen MR) is 71.2 cm³/mol. The van der Waals surface area contributed by atoms with Gasteiger partial charge >= 0.3 is 0 Å². The first-order valence-corrected chi connectivity index (χ1v) is 6.34. The molecular weight excluding hydrogens is 304 g/mol. The monoisotopic (exact) mass is 312 g/mol. The van der Waals surface area contributed by atoms with Crippen LogP contribution in [0.15, 0.2) is 22.7 Å². The van der Waals surface area contributed by atoms with Crippen molar-refractivity contribution >= 4 is 43.4 Å². The van der Waals surface area contributed by atoms with E-state index in [0.717, 1.165) is 21.4 Å². The molecule has 88 valence electrons. The number of halogens is 1. The molecule has 0 aliphatic heterocycles.